The molecular weight excluding hydrogens is 324 g/mol. The van der Waals surface area contributed by atoms with E-state index >= 15 is 0 Å². The number of nitrogen functional groups attached to an aromatic ring is 1. The number of rotatable bonds is 1. The van der Waals surface area contributed by atoms with Gasteiger partial charge in [-0.05, 0) is 23.8 Å². The van der Waals surface area contributed by atoms with E-state index in [4.69, 9.17) is 17.3 Å². The van der Waals surface area contributed by atoms with Crippen molar-refractivity contribution in [1.29, 1.82) is 0 Å². The smallest absolute Gasteiger partial charge is 0.272 e. The Morgan fingerprint density at radius 1 is 0.958 bits per heavy atom. The molecule has 4 N–H and O–H groups in total. The van der Waals surface area contributed by atoms with E-state index in [-0.39, 0.29) is 17.0 Å². The molecule has 0 bridgehead atoms. The Labute approximate surface area is 142 Å². The minimum atomic E-state index is -0.367. The van der Waals surface area contributed by atoms with E-state index in [0.717, 1.165) is 16.2 Å². The average molecular weight is 337 g/mol. The Morgan fingerprint density at radius 3 is 2.46 bits per heavy atom. The number of pyridine rings is 1. The van der Waals surface area contributed by atoms with Crippen molar-refractivity contribution in [2.24, 2.45) is 0 Å². The number of nitrogens with two attached hydrogens (primary N) is 1. The number of H-pyrrole nitrogens is 1. The summed E-state index contributed by atoms with van der Waals surface area (Å²) >= 11 is 6.44. The van der Waals surface area contributed by atoms with Crippen molar-refractivity contribution >= 4 is 39.0 Å². The van der Waals surface area contributed by atoms with E-state index in [1.54, 1.807) is 30.3 Å². The zero-order valence-corrected chi connectivity index (χ0v) is 13.3. The highest BCUT2D eigenvalue weighted by atomic mass is 35.5. The summed E-state index contributed by atoms with van der Waals surface area (Å²) in [6, 6.07) is 16.0. The Bertz CT molecular complexity index is 1170. The summed E-state index contributed by atoms with van der Waals surface area (Å²) in [6.45, 7) is 0. The molecule has 1 aromatic heterocycles. The lowest BCUT2D eigenvalue weighted by molar-refractivity contribution is 0.475. The molecule has 0 aliphatic heterocycles. The number of phenols is 1. The van der Waals surface area contributed by atoms with Crippen LogP contribution >= 0.6 is 11.6 Å². The van der Waals surface area contributed by atoms with Crippen LogP contribution in [0.3, 0.4) is 0 Å². The van der Waals surface area contributed by atoms with E-state index in [0.29, 0.717) is 21.7 Å². The molecule has 0 fully saturated rings. The van der Waals surface area contributed by atoms with Gasteiger partial charge in [0.2, 0.25) is 0 Å². The maximum absolute atomic E-state index is 12.4. The Morgan fingerprint density at radius 2 is 1.71 bits per heavy atom. The van der Waals surface area contributed by atoms with Crippen LogP contribution in [0.15, 0.2) is 59.4 Å². The molecule has 4 aromatic rings. The van der Waals surface area contributed by atoms with Gasteiger partial charge in [-0.2, -0.15) is 0 Å². The number of anilines is 1. The van der Waals surface area contributed by atoms with Gasteiger partial charge >= 0.3 is 0 Å². The maximum Gasteiger partial charge on any atom is 0.272 e. The quantitative estimate of drug-likeness (QED) is 0.454. The lowest BCUT2D eigenvalue weighted by Gasteiger charge is -2.13. The maximum atomic E-state index is 12.4. The van der Waals surface area contributed by atoms with Crippen LogP contribution in [0.2, 0.25) is 5.02 Å². The number of halogens is 1. The minimum Gasteiger partial charge on any atom is -0.508 e. The fraction of sp³-hybridized carbons (Fsp3) is 0. The lowest BCUT2D eigenvalue weighted by Crippen LogP contribution is -2.13. The van der Waals surface area contributed by atoms with E-state index in [2.05, 4.69) is 4.98 Å². The highest BCUT2D eigenvalue weighted by molar-refractivity contribution is 6.37. The van der Waals surface area contributed by atoms with Gasteiger partial charge in [0.25, 0.3) is 5.56 Å². The molecule has 1 heterocycles. The zero-order valence-electron chi connectivity index (χ0n) is 12.5. The van der Waals surface area contributed by atoms with Crippen LogP contribution in [0, 0.1) is 0 Å². The number of hydrogen-bond acceptors (Lipinski definition) is 3. The molecule has 3 aromatic carbocycles. The number of aromatic nitrogens is 1. The van der Waals surface area contributed by atoms with Gasteiger partial charge in [-0.25, -0.2) is 0 Å². The van der Waals surface area contributed by atoms with E-state index in [1.165, 1.54) is 0 Å². The second-order valence-electron chi connectivity index (χ2n) is 5.62. The van der Waals surface area contributed by atoms with Crippen molar-refractivity contribution in [1.82, 2.24) is 4.98 Å². The minimum absolute atomic E-state index is 0.0967. The highest BCUT2D eigenvalue weighted by Gasteiger charge is 2.15. The predicted molar refractivity (Wildman–Crippen MR) is 98.6 cm³/mol. The SMILES string of the molecule is Nc1c(-c2cccc(O)c2)c2cc(Cl)c3ccccc3c2[nH]c1=O. The Balaban J connectivity index is 2.25. The molecule has 0 amide bonds. The van der Waals surface area contributed by atoms with Crippen LogP contribution in [-0.4, -0.2) is 10.1 Å². The van der Waals surface area contributed by atoms with Gasteiger partial charge in [0.15, 0.2) is 0 Å². The number of fused-ring (bicyclic) bond motifs is 3. The number of phenolic OH excluding ortho intramolecular Hbond substituents is 1. The molecule has 0 aliphatic rings. The predicted octanol–water partition coefficient (Wildman–Crippen LogP) is 4.29. The van der Waals surface area contributed by atoms with Crippen molar-refractivity contribution in [3.63, 3.8) is 0 Å². The summed E-state index contributed by atoms with van der Waals surface area (Å²) in [4.78, 5) is 15.2. The van der Waals surface area contributed by atoms with Crippen LogP contribution in [0.1, 0.15) is 0 Å². The van der Waals surface area contributed by atoms with Gasteiger partial charge in [-0.15, -0.1) is 0 Å². The first-order chi connectivity index (χ1) is 11.6. The molecule has 24 heavy (non-hydrogen) atoms. The molecule has 0 spiro atoms. The Kier molecular flexibility index (Phi) is 3.22. The molecule has 118 valence electrons. The van der Waals surface area contributed by atoms with Crippen LogP contribution < -0.4 is 11.3 Å². The highest BCUT2D eigenvalue weighted by Crippen LogP contribution is 2.38. The number of aromatic hydroxyl groups is 1. The van der Waals surface area contributed by atoms with Crippen LogP contribution in [-0.2, 0) is 0 Å². The van der Waals surface area contributed by atoms with Crippen LogP contribution in [0.5, 0.6) is 5.75 Å². The third-order valence-corrected chi connectivity index (χ3v) is 4.46. The molecule has 4 nitrogen and oxygen atoms in total. The number of aromatic amines is 1. The second kappa shape index (κ2) is 5.28. The third kappa shape index (κ3) is 2.12. The van der Waals surface area contributed by atoms with E-state index in [9.17, 15) is 9.90 Å². The molecule has 0 saturated carbocycles. The fourth-order valence-corrected chi connectivity index (χ4v) is 3.35. The second-order valence-corrected chi connectivity index (χ2v) is 6.03. The third-order valence-electron chi connectivity index (χ3n) is 4.15. The fourth-order valence-electron chi connectivity index (χ4n) is 3.07. The largest absolute Gasteiger partial charge is 0.508 e. The standard InChI is InChI=1S/C19H13ClN2O2/c20-15-9-14-16(10-4-3-5-11(23)8-10)17(21)19(24)22-18(14)13-7-2-1-6-12(13)15/h1-9,23H,21H2,(H,22,24). The van der Waals surface area contributed by atoms with Crippen molar-refractivity contribution < 1.29 is 5.11 Å². The van der Waals surface area contributed by atoms with Crippen LogP contribution in [0.25, 0.3) is 32.8 Å². The van der Waals surface area contributed by atoms with Crippen molar-refractivity contribution in [2.75, 3.05) is 5.73 Å². The summed E-state index contributed by atoms with van der Waals surface area (Å²) in [5.74, 6) is 0.104. The monoisotopic (exact) mass is 336 g/mol. The molecule has 0 atom stereocenters. The number of nitrogens with one attached hydrogen (secondary N) is 1. The Hall–Kier alpha value is -2.98. The van der Waals surface area contributed by atoms with Gasteiger partial charge in [0.05, 0.1) is 5.52 Å². The lowest BCUT2D eigenvalue weighted by atomic mass is 9.96. The van der Waals surface area contributed by atoms with Gasteiger partial charge in [0, 0.05) is 26.7 Å². The number of benzene rings is 3. The molecule has 0 unspecified atom stereocenters. The summed E-state index contributed by atoms with van der Waals surface area (Å²) < 4.78 is 0. The molecule has 0 saturated heterocycles. The topological polar surface area (TPSA) is 79.1 Å². The summed E-state index contributed by atoms with van der Waals surface area (Å²) in [5, 5.41) is 12.8. The van der Waals surface area contributed by atoms with Crippen LogP contribution in [0.4, 0.5) is 5.69 Å². The van der Waals surface area contributed by atoms with Gasteiger partial charge in [-0.3, -0.25) is 4.79 Å². The van der Waals surface area contributed by atoms with Gasteiger partial charge < -0.3 is 15.8 Å². The number of hydrogen-bond donors (Lipinski definition) is 3. The first-order valence-corrected chi connectivity index (χ1v) is 7.76. The van der Waals surface area contributed by atoms with Crippen molar-refractivity contribution in [3.8, 4) is 16.9 Å². The summed E-state index contributed by atoms with van der Waals surface area (Å²) in [5.41, 5.74) is 7.69. The van der Waals surface area contributed by atoms with Crippen molar-refractivity contribution in [2.45, 2.75) is 0 Å². The van der Waals surface area contributed by atoms with E-state index in [1.807, 2.05) is 24.3 Å². The first kappa shape index (κ1) is 14.6. The molecular formula is C19H13ClN2O2. The molecule has 0 aliphatic carbocycles. The van der Waals surface area contributed by atoms with Gasteiger partial charge in [0.1, 0.15) is 11.4 Å². The average Bonchev–Trinajstić information content (AvgIpc) is 2.57. The zero-order chi connectivity index (χ0) is 16.8. The van der Waals surface area contributed by atoms with E-state index < -0.39 is 0 Å². The van der Waals surface area contributed by atoms with Gasteiger partial charge in [-0.1, -0.05) is 48.0 Å². The normalized spacial score (nSPS) is 11.2. The molecule has 0 radical (unpaired) electrons. The first-order valence-electron chi connectivity index (χ1n) is 7.38. The summed E-state index contributed by atoms with van der Waals surface area (Å²) in [6.07, 6.45) is 0. The molecule has 4 rings (SSSR count). The van der Waals surface area contributed by atoms with Crippen molar-refractivity contribution in [3.05, 3.63) is 70.0 Å². The summed E-state index contributed by atoms with van der Waals surface area (Å²) in [7, 11) is 0. The molecule has 5 heteroatoms.